The SMILES string of the molecule is CC[C@H](C)S(=O)(=O)C(C)(C)C(=O)Nc1cc(C(C)(C)CO)no1. The highest BCUT2D eigenvalue weighted by atomic mass is 32.2. The predicted octanol–water partition coefficient (Wildman–Crippen LogP) is 1.87. The van der Waals surface area contributed by atoms with Gasteiger partial charge in [0, 0.05) is 11.5 Å². The number of nitrogens with one attached hydrogen (secondary N) is 1. The van der Waals surface area contributed by atoms with E-state index in [0.717, 1.165) is 0 Å². The maximum Gasteiger partial charge on any atom is 0.247 e. The molecule has 0 aliphatic carbocycles. The molecule has 1 atom stereocenters. The van der Waals surface area contributed by atoms with Crippen molar-refractivity contribution in [2.75, 3.05) is 11.9 Å². The van der Waals surface area contributed by atoms with Gasteiger partial charge in [-0.25, -0.2) is 8.42 Å². The van der Waals surface area contributed by atoms with Crippen LogP contribution in [-0.2, 0) is 20.0 Å². The van der Waals surface area contributed by atoms with E-state index < -0.39 is 31.2 Å². The Hall–Kier alpha value is -1.41. The summed E-state index contributed by atoms with van der Waals surface area (Å²) in [6.45, 7) is 9.50. The van der Waals surface area contributed by atoms with Gasteiger partial charge in [-0.15, -0.1) is 0 Å². The van der Waals surface area contributed by atoms with Crippen molar-refractivity contribution in [3.8, 4) is 0 Å². The Morgan fingerprint density at radius 3 is 2.43 bits per heavy atom. The predicted molar refractivity (Wildman–Crippen MR) is 88.0 cm³/mol. The number of carbonyl (C=O) groups excluding carboxylic acids is 1. The average molecular weight is 346 g/mol. The monoisotopic (exact) mass is 346 g/mol. The average Bonchev–Trinajstić information content (AvgIpc) is 2.95. The van der Waals surface area contributed by atoms with E-state index in [1.54, 1.807) is 27.7 Å². The minimum Gasteiger partial charge on any atom is -0.395 e. The summed E-state index contributed by atoms with van der Waals surface area (Å²) in [5, 5.41) is 15.0. The second-order valence-electron chi connectivity index (χ2n) is 6.85. The number of nitrogens with zero attached hydrogens (tertiary/aromatic N) is 1. The lowest BCUT2D eigenvalue weighted by molar-refractivity contribution is -0.118. The van der Waals surface area contributed by atoms with E-state index in [0.29, 0.717) is 12.1 Å². The molecule has 7 nitrogen and oxygen atoms in total. The van der Waals surface area contributed by atoms with Crippen LogP contribution in [0.5, 0.6) is 0 Å². The minimum atomic E-state index is -3.65. The maximum absolute atomic E-state index is 12.5. The molecule has 1 rings (SSSR count). The van der Waals surface area contributed by atoms with Crippen molar-refractivity contribution in [2.45, 2.75) is 63.4 Å². The van der Waals surface area contributed by atoms with Crippen molar-refractivity contribution in [3.63, 3.8) is 0 Å². The third-order valence-corrected chi connectivity index (χ3v) is 7.20. The fourth-order valence-corrected chi connectivity index (χ4v) is 3.60. The van der Waals surface area contributed by atoms with Crippen LogP contribution in [0.3, 0.4) is 0 Å². The maximum atomic E-state index is 12.5. The summed E-state index contributed by atoms with van der Waals surface area (Å²) in [5.74, 6) is -0.624. The summed E-state index contributed by atoms with van der Waals surface area (Å²) >= 11 is 0. The summed E-state index contributed by atoms with van der Waals surface area (Å²) in [6.07, 6.45) is 0.427. The van der Waals surface area contributed by atoms with Gasteiger partial charge >= 0.3 is 0 Å². The Kier molecular flexibility index (Phi) is 5.64. The highest BCUT2D eigenvalue weighted by Crippen LogP contribution is 2.27. The molecule has 0 bridgehead atoms. The third-order valence-electron chi connectivity index (χ3n) is 4.20. The van der Waals surface area contributed by atoms with Gasteiger partial charge in [0.05, 0.1) is 17.6 Å². The van der Waals surface area contributed by atoms with Gasteiger partial charge in [0.25, 0.3) is 0 Å². The molecule has 0 radical (unpaired) electrons. The Labute approximate surface area is 137 Å². The lowest BCUT2D eigenvalue weighted by Crippen LogP contribution is -2.48. The topological polar surface area (TPSA) is 110 Å². The van der Waals surface area contributed by atoms with Crippen LogP contribution in [-0.4, -0.2) is 41.2 Å². The molecule has 2 N–H and O–H groups in total. The fourth-order valence-electron chi connectivity index (χ4n) is 1.85. The van der Waals surface area contributed by atoms with Crippen LogP contribution in [0.15, 0.2) is 10.6 Å². The van der Waals surface area contributed by atoms with Crippen LogP contribution < -0.4 is 5.32 Å². The highest BCUT2D eigenvalue weighted by molar-refractivity contribution is 7.94. The first kappa shape index (κ1) is 19.6. The molecule has 1 aromatic heterocycles. The van der Waals surface area contributed by atoms with Crippen LogP contribution in [0.2, 0.25) is 0 Å². The number of amides is 1. The second-order valence-corrected chi connectivity index (χ2v) is 9.76. The summed E-state index contributed by atoms with van der Waals surface area (Å²) in [6, 6.07) is 1.49. The molecule has 0 aliphatic heterocycles. The molecule has 0 saturated carbocycles. The Morgan fingerprint density at radius 1 is 1.39 bits per heavy atom. The van der Waals surface area contributed by atoms with Crippen LogP contribution >= 0.6 is 0 Å². The van der Waals surface area contributed by atoms with Crippen molar-refractivity contribution in [3.05, 3.63) is 11.8 Å². The first-order valence-electron chi connectivity index (χ1n) is 7.53. The van der Waals surface area contributed by atoms with Crippen molar-refractivity contribution in [1.29, 1.82) is 0 Å². The largest absolute Gasteiger partial charge is 0.395 e. The van der Waals surface area contributed by atoms with Crippen molar-refractivity contribution >= 4 is 21.6 Å². The van der Waals surface area contributed by atoms with Crippen molar-refractivity contribution in [2.24, 2.45) is 0 Å². The van der Waals surface area contributed by atoms with E-state index >= 15 is 0 Å². The van der Waals surface area contributed by atoms with E-state index in [1.165, 1.54) is 19.9 Å². The molecular weight excluding hydrogens is 320 g/mol. The van der Waals surface area contributed by atoms with Crippen molar-refractivity contribution in [1.82, 2.24) is 5.16 Å². The molecule has 23 heavy (non-hydrogen) atoms. The first-order chi connectivity index (χ1) is 10.4. The molecule has 1 amide bonds. The molecule has 1 aromatic rings. The third kappa shape index (κ3) is 3.74. The van der Waals surface area contributed by atoms with Gasteiger partial charge in [0.1, 0.15) is 4.75 Å². The molecule has 8 heteroatoms. The number of rotatable bonds is 7. The number of aromatic nitrogens is 1. The lowest BCUT2D eigenvalue weighted by atomic mass is 9.91. The zero-order valence-electron chi connectivity index (χ0n) is 14.5. The van der Waals surface area contributed by atoms with E-state index in [4.69, 9.17) is 4.52 Å². The van der Waals surface area contributed by atoms with Crippen LogP contribution in [0, 0.1) is 0 Å². The summed E-state index contributed by atoms with van der Waals surface area (Å²) in [4.78, 5) is 12.4. The summed E-state index contributed by atoms with van der Waals surface area (Å²) in [5.41, 5.74) is -0.150. The smallest absolute Gasteiger partial charge is 0.247 e. The summed E-state index contributed by atoms with van der Waals surface area (Å²) < 4.78 is 28.4. The Balaban J connectivity index is 3.00. The van der Waals surface area contributed by atoms with Gasteiger partial charge in [-0.05, 0) is 27.2 Å². The van der Waals surface area contributed by atoms with Gasteiger partial charge in [0.15, 0.2) is 9.84 Å². The van der Waals surface area contributed by atoms with Gasteiger partial charge in [0.2, 0.25) is 11.8 Å². The minimum absolute atomic E-state index is 0.0546. The standard InChI is InChI=1S/C15H26N2O5S/c1-7-10(2)23(20,21)15(5,6)13(19)16-12-8-11(17-22-12)14(3,4)9-18/h8,10,18H,7,9H2,1-6H3,(H,16,19)/t10-/m0/s1. The molecule has 0 aromatic carbocycles. The molecule has 0 spiro atoms. The van der Waals surface area contributed by atoms with Gasteiger partial charge in [-0.1, -0.05) is 25.9 Å². The van der Waals surface area contributed by atoms with E-state index in [9.17, 15) is 18.3 Å². The Morgan fingerprint density at radius 2 is 1.96 bits per heavy atom. The molecule has 0 fully saturated rings. The molecule has 0 aliphatic rings. The molecule has 132 valence electrons. The quantitative estimate of drug-likeness (QED) is 0.780. The number of aliphatic hydroxyl groups is 1. The second kappa shape index (κ2) is 6.60. The van der Waals surface area contributed by atoms with E-state index in [-0.39, 0.29) is 12.5 Å². The fraction of sp³-hybridized carbons (Fsp3) is 0.733. The van der Waals surface area contributed by atoms with Crippen LogP contribution in [0.25, 0.3) is 0 Å². The first-order valence-corrected chi connectivity index (χ1v) is 9.07. The normalized spacial score (nSPS) is 14.6. The van der Waals surface area contributed by atoms with E-state index in [2.05, 4.69) is 10.5 Å². The molecule has 1 heterocycles. The zero-order valence-corrected chi connectivity index (χ0v) is 15.3. The number of aliphatic hydroxyl groups excluding tert-OH is 1. The van der Waals surface area contributed by atoms with E-state index in [1.807, 2.05) is 0 Å². The van der Waals surface area contributed by atoms with Gasteiger partial charge in [-0.3, -0.25) is 10.1 Å². The summed E-state index contributed by atoms with van der Waals surface area (Å²) in [7, 11) is -3.65. The number of carbonyl (C=O) groups is 1. The van der Waals surface area contributed by atoms with Gasteiger partial charge in [-0.2, -0.15) is 0 Å². The number of sulfone groups is 1. The molecule has 0 saturated heterocycles. The van der Waals surface area contributed by atoms with Crippen LogP contribution in [0.1, 0.15) is 53.7 Å². The Bertz CT molecular complexity index is 661. The lowest BCUT2D eigenvalue weighted by Gasteiger charge is -2.26. The zero-order chi connectivity index (χ0) is 18.1. The van der Waals surface area contributed by atoms with Crippen LogP contribution in [0.4, 0.5) is 5.88 Å². The highest BCUT2D eigenvalue weighted by Gasteiger charge is 2.44. The number of anilines is 1. The number of hydrogen-bond acceptors (Lipinski definition) is 6. The molecular formula is C15H26N2O5S. The molecule has 0 unspecified atom stereocenters. The van der Waals surface area contributed by atoms with Gasteiger partial charge < -0.3 is 9.63 Å². The number of hydrogen-bond donors (Lipinski definition) is 2. The van der Waals surface area contributed by atoms with Crippen molar-refractivity contribution < 1.29 is 22.8 Å².